The largest absolute Gasteiger partial charge is 0.463 e. The molecule has 1 N–H and O–H groups in total. The number of carbonyl (C=O) groups excluding carboxylic acids is 4. The first-order valence-electron chi connectivity index (χ1n) is 9.40. The Morgan fingerprint density at radius 2 is 1.73 bits per heavy atom. The SMILES string of the molecule is CC(C)OC(=O)CC(NC(=O)c1ccc2c(c1)C(=O)N(C)C2=O)c1ccccc1Cl. The number of rotatable bonds is 6. The lowest BCUT2D eigenvalue weighted by molar-refractivity contribution is -0.147. The fourth-order valence-electron chi connectivity index (χ4n) is 3.22. The molecule has 8 heteroatoms. The van der Waals surface area contributed by atoms with Gasteiger partial charge in [-0.2, -0.15) is 0 Å². The number of hydrogen-bond donors (Lipinski definition) is 1. The Morgan fingerprint density at radius 3 is 2.40 bits per heavy atom. The molecule has 3 amide bonds. The molecule has 2 aromatic rings. The lowest BCUT2D eigenvalue weighted by Crippen LogP contribution is -2.31. The highest BCUT2D eigenvalue weighted by atomic mass is 35.5. The highest BCUT2D eigenvalue weighted by Crippen LogP contribution is 2.27. The smallest absolute Gasteiger partial charge is 0.308 e. The highest BCUT2D eigenvalue weighted by molar-refractivity contribution is 6.31. The van der Waals surface area contributed by atoms with E-state index in [2.05, 4.69) is 5.32 Å². The summed E-state index contributed by atoms with van der Waals surface area (Å²) < 4.78 is 5.21. The standard InChI is InChI=1S/C22H21ClN2O5/c1-12(2)30-19(26)11-18(15-6-4-5-7-17(15)23)24-20(27)13-8-9-14-16(10-13)22(29)25(3)21(14)28/h4-10,12,18H,11H2,1-3H3,(H,24,27). The van der Waals surface area contributed by atoms with Crippen molar-refractivity contribution in [3.63, 3.8) is 0 Å². The van der Waals surface area contributed by atoms with Gasteiger partial charge >= 0.3 is 5.97 Å². The summed E-state index contributed by atoms with van der Waals surface area (Å²) in [4.78, 5) is 50.4. The second-order valence-corrected chi connectivity index (χ2v) is 7.63. The van der Waals surface area contributed by atoms with Gasteiger partial charge in [-0.1, -0.05) is 29.8 Å². The minimum Gasteiger partial charge on any atom is -0.463 e. The highest BCUT2D eigenvalue weighted by Gasteiger charge is 2.33. The zero-order valence-corrected chi connectivity index (χ0v) is 17.5. The average Bonchev–Trinajstić information content (AvgIpc) is 2.91. The van der Waals surface area contributed by atoms with E-state index in [1.807, 2.05) is 0 Å². The van der Waals surface area contributed by atoms with Gasteiger partial charge in [0.05, 0.1) is 29.7 Å². The average molecular weight is 429 g/mol. The van der Waals surface area contributed by atoms with E-state index >= 15 is 0 Å². The molecule has 2 aromatic carbocycles. The van der Waals surface area contributed by atoms with Gasteiger partial charge in [-0.25, -0.2) is 0 Å². The van der Waals surface area contributed by atoms with E-state index in [0.717, 1.165) is 4.90 Å². The van der Waals surface area contributed by atoms with Gasteiger partial charge in [0.15, 0.2) is 0 Å². The monoisotopic (exact) mass is 428 g/mol. The molecule has 156 valence electrons. The number of nitrogens with one attached hydrogen (secondary N) is 1. The molecule has 1 unspecified atom stereocenters. The number of esters is 1. The van der Waals surface area contributed by atoms with Gasteiger partial charge in [-0.05, 0) is 43.7 Å². The molecule has 1 aliphatic rings. The van der Waals surface area contributed by atoms with Crippen LogP contribution in [0.2, 0.25) is 5.02 Å². The number of ether oxygens (including phenoxy) is 1. The fourth-order valence-corrected chi connectivity index (χ4v) is 3.49. The van der Waals surface area contributed by atoms with Crippen molar-refractivity contribution in [3.05, 3.63) is 69.7 Å². The Morgan fingerprint density at radius 1 is 1.07 bits per heavy atom. The summed E-state index contributed by atoms with van der Waals surface area (Å²) in [5.41, 5.74) is 1.19. The Kier molecular flexibility index (Phi) is 6.22. The number of hydrogen-bond acceptors (Lipinski definition) is 5. The van der Waals surface area contributed by atoms with E-state index in [4.69, 9.17) is 16.3 Å². The van der Waals surface area contributed by atoms with E-state index in [1.165, 1.54) is 25.2 Å². The molecule has 0 aliphatic carbocycles. The van der Waals surface area contributed by atoms with Crippen LogP contribution in [0, 0.1) is 0 Å². The maximum atomic E-state index is 12.9. The molecule has 0 saturated heterocycles. The van der Waals surface area contributed by atoms with Crippen LogP contribution in [-0.4, -0.2) is 41.7 Å². The van der Waals surface area contributed by atoms with Gasteiger partial charge in [0.25, 0.3) is 17.7 Å². The van der Waals surface area contributed by atoms with Gasteiger partial charge in [0, 0.05) is 17.6 Å². The second kappa shape index (κ2) is 8.67. The van der Waals surface area contributed by atoms with E-state index in [1.54, 1.807) is 38.1 Å². The Hall–Kier alpha value is -3.19. The van der Waals surface area contributed by atoms with Crippen LogP contribution in [0.15, 0.2) is 42.5 Å². The molecular formula is C22H21ClN2O5. The van der Waals surface area contributed by atoms with Crippen molar-refractivity contribution < 1.29 is 23.9 Å². The maximum Gasteiger partial charge on any atom is 0.308 e. The summed E-state index contributed by atoms with van der Waals surface area (Å²) >= 11 is 6.27. The van der Waals surface area contributed by atoms with Crippen molar-refractivity contribution in [2.45, 2.75) is 32.4 Å². The first-order valence-corrected chi connectivity index (χ1v) is 9.78. The second-order valence-electron chi connectivity index (χ2n) is 7.22. The van der Waals surface area contributed by atoms with E-state index < -0.39 is 29.7 Å². The Balaban J connectivity index is 1.87. The predicted octanol–water partition coefficient (Wildman–Crippen LogP) is 3.38. The normalized spacial score (nSPS) is 14.0. The van der Waals surface area contributed by atoms with Crippen molar-refractivity contribution in [1.82, 2.24) is 10.2 Å². The predicted molar refractivity (Wildman–Crippen MR) is 110 cm³/mol. The van der Waals surface area contributed by atoms with Crippen LogP contribution in [0.4, 0.5) is 0 Å². The number of imide groups is 1. The third-order valence-electron chi connectivity index (χ3n) is 4.68. The van der Waals surface area contributed by atoms with Crippen molar-refractivity contribution in [2.75, 3.05) is 7.05 Å². The first-order chi connectivity index (χ1) is 14.2. The summed E-state index contributed by atoms with van der Waals surface area (Å²) in [6, 6.07) is 10.4. The minimum atomic E-state index is -0.731. The van der Waals surface area contributed by atoms with Crippen LogP contribution in [0.3, 0.4) is 0 Å². The van der Waals surface area contributed by atoms with Crippen molar-refractivity contribution in [3.8, 4) is 0 Å². The third-order valence-corrected chi connectivity index (χ3v) is 5.02. The minimum absolute atomic E-state index is 0.112. The topological polar surface area (TPSA) is 92.8 Å². The molecule has 1 heterocycles. The fraction of sp³-hybridized carbons (Fsp3) is 0.273. The summed E-state index contributed by atoms with van der Waals surface area (Å²) in [6.45, 7) is 3.47. The van der Waals surface area contributed by atoms with Gasteiger partial charge in [-0.3, -0.25) is 24.1 Å². The molecular weight excluding hydrogens is 408 g/mol. The number of halogens is 1. The van der Waals surface area contributed by atoms with Gasteiger partial charge in [-0.15, -0.1) is 0 Å². The quantitative estimate of drug-likeness (QED) is 0.562. The number of benzene rings is 2. The lowest BCUT2D eigenvalue weighted by atomic mass is 10.0. The summed E-state index contributed by atoms with van der Waals surface area (Å²) in [6.07, 6.45) is -0.406. The van der Waals surface area contributed by atoms with Crippen LogP contribution in [-0.2, 0) is 9.53 Å². The molecule has 3 rings (SSSR count). The van der Waals surface area contributed by atoms with Crippen LogP contribution in [0.1, 0.15) is 62.9 Å². The van der Waals surface area contributed by atoms with Gasteiger partial charge in [0.1, 0.15) is 0 Å². The molecule has 1 atom stereocenters. The molecule has 0 aromatic heterocycles. The van der Waals surface area contributed by atoms with Crippen molar-refractivity contribution in [1.29, 1.82) is 0 Å². The van der Waals surface area contributed by atoms with E-state index in [-0.39, 0.29) is 29.2 Å². The van der Waals surface area contributed by atoms with Crippen molar-refractivity contribution >= 4 is 35.3 Å². The number of amides is 3. The number of nitrogens with zero attached hydrogens (tertiary/aromatic N) is 1. The van der Waals surface area contributed by atoms with Crippen LogP contribution in [0.25, 0.3) is 0 Å². The summed E-state index contributed by atoms with van der Waals surface area (Å²) in [5, 5.41) is 3.19. The molecule has 7 nitrogen and oxygen atoms in total. The third kappa shape index (κ3) is 4.36. The molecule has 0 fully saturated rings. The van der Waals surface area contributed by atoms with Crippen LogP contribution < -0.4 is 5.32 Å². The Labute approximate surface area is 179 Å². The maximum absolute atomic E-state index is 12.9. The Bertz CT molecular complexity index is 1030. The van der Waals surface area contributed by atoms with E-state index in [0.29, 0.717) is 10.6 Å². The van der Waals surface area contributed by atoms with Crippen LogP contribution >= 0.6 is 11.6 Å². The van der Waals surface area contributed by atoms with Crippen molar-refractivity contribution in [2.24, 2.45) is 0 Å². The van der Waals surface area contributed by atoms with Gasteiger partial charge < -0.3 is 10.1 Å². The first kappa shape index (κ1) is 21.5. The molecule has 0 spiro atoms. The molecule has 30 heavy (non-hydrogen) atoms. The zero-order chi connectivity index (χ0) is 22.0. The van der Waals surface area contributed by atoms with E-state index in [9.17, 15) is 19.2 Å². The summed E-state index contributed by atoms with van der Waals surface area (Å²) in [7, 11) is 1.39. The molecule has 1 aliphatic heterocycles. The van der Waals surface area contributed by atoms with Crippen LogP contribution in [0.5, 0.6) is 0 Å². The lowest BCUT2D eigenvalue weighted by Gasteiger charge is -2.20. The molecule has 0 saturated carbocycles. The molecule has 0 bridgehead atoms. The molecule has 0 radical (unpaired) electrons. The number of carbonyl (C=O) groups is 4. The summed E-state index contributed by atoms with van der Waals surface area (Å²) in [5.74, 6) is -1.86. The zero-order valence-electron chi connectivity index (χ0n) is 16.8. The van der Waals surface area contributed by atoms with Gasteiger partial charge in [0.2, 0.25) is 0 Å². The number of fused-ring (bicyclic) bond motifs is 1.